The number of piperazine rings is 1. The third kappa shape index (κ3) is 5.67. The number of carboxylic acids is 1. The first kappa shape index (κ1) is 28.3. The van der Waals surface area contributed by atoms with Crippen LogP contribution in [0.2, 0.25) is 0 Å². The molecule has 2 aliphatic carbocycles. The molecule has 1 saturated carbocycles. The smallest absolute Gasteiger partial charge is 0.322 e. The fourth-order valence-electron chi connectivity index (χ4n) is 6.36. The largest absolute Gasteiger partial charge is 0.506 e. The maximum Gasteiger partial charge on any atom is 0.322 e. The first-order valence-corrected chi connectivity index (χ1v) is 14.1. The van der Waals surface area contributed by atoms with Crippen LogP contribution >= 0.6 is 0 Å². The number of imidazole rings is 1. The SMILES string of the molecule is CCCC1C2C=CC(C2)C1C(N)=O.Cc1c(O)cnc2nc(-c3cccc(C(=O)N4CCNC(C(=O)O)C4)c3)[nH]c12. The van der Waals surface area contributed by atoms with Crippen LogP contribution in [0.15, 0.2) is 42.6 Å². The summed E-state index contributed by atoms with van der Waals surface area (Å²) in [7, 11) is 0. The molecule has 0 radical (unpaired) electrons. The van der Waals surface area contributed by atoms with Crippen molar-refractivity contribution in [1.29, 1.82) is 0 Å². The number of aromatic amines is 1. The lowest BCUT2D eigenvalue weighted by Crippen LogP contribution is -2.55. The summed E-state index contributed by atoms with van der Waals surface area (Å²) in [6.45, 7) is 4.93. The van der Waals surface area contributed by atoms with Gasteiger partial charge in [-0.2, -0.15) is 0 Å². The van der Waals surface area contributed by atoms with Crippen molar-refractivity contribution in [3.63, 3.8) is 0 Å². The molecule has 2 bridgehead atoms. The van der Waals surface area contributed by atoms with Gasteiger partial charge in [0.25, 0.3) is 5.91 Å². The number of rotatable bonds is 6. The van der Waals surface area contributed by atoms with Gasteiger partial charge in [-0.15, -0.1) is 0 Å². The highest BCUT2D eigenvalue weighted by Gasteiger charge is 2.46. The van der Waals surface area contributed by atoms with E-state index in [1.165, 1.54) is 11.1 Å². The molecule has 3 heterocycles. The molecule has 2 fully saturated rings. The lowest BCUT2D eigenvalue weighted by Gasteiger charge is -2.31. The zero-order valence-corrected chi connectivity index (χ0v) is 23.2. The van der Waals surface area contributed by atoms with Crippen molar-refractivity contribution in [3.8, 4) is 17.1 Å². The van der Waals surface area contributed by atoms with Gasteiger partial charge in [0.2, 0.25) is 5.91 Å². The molecule has 216 valence electrons. The predicted octanol–water partition coefficient (Wildman–Crippen LogP) is 2.85. The second-order valence-electron chi connectivity index (χ2n) is 11.1. The van der Waals surface area contributed by atoms with Crippen molar-refractivity contribution in [1.82, 2.24) is 25.2 Å². The third-order valence-corrected chi connectivity index (χ3v) is 8.47. The molecular formula is C30H36N6O5. The number of amides is 2. The number of carbonyl (C=O) groups is 3. The van der Waals surface area contributed by atoms with Crippen molar-refractivity contribution in [3.05, 3.63) is 53.7 Å². The minimum absolute atomic E-state index is 0.0818. The number of fused-ring (bicyclic) bond motifs is 3. The fraction of sp³-hybridized carbons (Fsp3) is 0.433. The highest BCUT2D eigenvalue weighted by atomic mass is 16.4. The number of aromatic nitrogens is 3. The number of hydrogen-bond donors (Lipinski definition) is 5. The van der Waals surface area contributed by atoms with Gasteiger partial charge in [-0.1, -0.05) is 37.6 Å². The van der Waals surface area contributed by atoms with E-state index in [0.717, 1.165) is 19.3 Å². The van der Waals surface area contributed by atoms with Gasteiger partial charge in [-0.25, -0.2) is 9.97 Å². The van der Waals surface area contributed by atoms with Crippen molar-refractivity contribution in [2.75, 3.05) is 19.6 Å². The lowest BCUT2D eigenvalue weighted by atomic mass is 9.80. The average Bonchev–Trinajstić information content (AvgIpc) is 3.71. The number of nitrogens with one attached hydrogen (secondary N) is 2. The van der Waals surface area contributed by atoms with Crippen molar-refractivity contribution in [2.24, 2.45) is 29.4 Å². The monoisotopic (exact) mass is 560 g/mol. The number of aromatic hydroxyl groups is 1. The van der Waals surface area contributed by atoms with E-state index in [1.54, 1.807) is 25.1 Å². The van der Waals surface area contributed by atoms with E-state index in [-0.39, 0.29) is 30.0 Å². The van der Waals surface area contributed by atoms with Crippen LogP contribution in [0.3, 0.4) is 0 Å². The molecule has 1 aromatic carbocycles. The Morgan fingerprint density at radius 1 is 1.20 bits per heavy atom. The second kappa shape index (κ2) is 11.7. The Balaban J connectivity index is 0.000000216. The topological polar surface area (TPSA) is 175 Å². The van der Waals surface area contributed by atoms with Crippen molar-refractivity contribution < 1.29 is 24.6 Å². The maximum atomic E-state index is 12.9. The van der Waals surface area contributed by atoms with E-state index in [9.17, 15) is 24.6 Å². The number of H-pyrrole nitrogens is 1. The van der Waals surface area contributed by atoms with Gasteiger partial charge in [-0.3, -0.25) is 14.4 Å². The van der Waals surface area contributed by atoms with Crippen LogP contribution in [0.25, 0.3) is 22.6 Å². The van der Waals surface area contributed by atoms with Crippen LogP contribution in [-0.4, -0.2) is 73.5 Å². The number of hydrogen-bond acceptors (Lipinski definition) is 7. The number of nitrogens with zero attached hydrogens (tertiary/aromatic N) is 3. The summed E-state index contributed by atoms with van der Waals surface area (Å²) < 4.78 is 0. The van der Waals surface area contributed by atoms with Gasteiger partial charge in [-0.05, 0) is 49.7 Å². The zero-order valence-electron chi connectivity index (χ0n) is 23.2. The van der Waals surface area contributed by atoms with Gasteiger partial charge < -0.3 is 31.1 Å². The minimum Gasteiger partial charge on any atom is -0.506 e. The normalized spacial score (nSPS) is 24.7. The van der Waals surface area contributed by atoms with E-state index in [4.69, 9.17) is 5.73 Å². The Labute approximate surface area is 237 Å². The van der Waals surface area contributed by atoms with Gasteiger partial charge in [0.05, 0.1) is 11.7 Å². The minimum atomic E-state index is -0.973. The summed E-state index contributed by atoms with van der Waals surface area (Å²) in [4.78, 5) is 48.6. The van der Waals surface area contributed by atoms with Gasteiger partial charge in [0.1, 0.15) is 17.6 Å². The Kier molecular flexibility index (Phi) is 8.07. The number of benzene rings is 1. The van der Waals surface area contributed by atoms with E-state index in [1.807, 2.05) is 6.07 Å². The van der Waals surface area contributed by atoms with Crippen molar-refractivity contribution in [2.45, 2.75) is 39.2 Å². The van der Waals surface area contributed by atoms with E-state index < -0.39 is 12.0 Å². The number of carbonyl (C=O) groups excluding carboxylic acids is 2. The molecule has 3 aromatic rings. The molecule has 0 spiro atoms. The maximum absolute atomic E-state index is 12.9. The molecule has 11 nitrogen and oxygen atoms in total. The number of aryl methyl sites for hydroxylation is 1. The molecule has 1 aliphatic heterocycles. The summed E-state index contributed by atoms with van der Waals surface area (Å²) >= 11 is 0. The zero-order chi connectivity index (χ0) is 29.3. The molecule has 5 unspecified atom stereocenters. The summed E-state index contributed by atoms with van der Waals surface area (Å²) in [6.07, 6.45) is 9.30. The standard InChI is InChI=1S/C19H19N5O4.C11H17NO/c1-10-14(25)8-21-17-15(10)22-16(23-17)11-3-2-4-12(7-11)18(26)24-6-5-20-13(9-24)19(27)28;1-2-3-9-7-4-5-8(6-7)10(9)11(12)13/h2-4,7-8,13,20,25H,5-6,9H2,1H3,(H,27,28)(H,21,22,23);4-5,7-10H,2-3,6H2,1H3,(H2,12,13). The molecule has 6 rings (SSSR count). The predicted molar refractivity (Wildman–Crippen MR) is 153 cm³/mol. The highest BCUT2D eigenvalue weighted by Crippen LogP contribution is 2.49. The number of allylic oxidation sites excluding steroid dienone is 2. The van der Waals surface area contributed by atoms with Crippen LogP contribution in [0, 0.1) is 30.6 Å². The van der Waals surface area contributed by atoms with Gasteiger partial charge in [0.15, 0.2) is 5.65 Å². The first-order valence-electron chi connectivity index (χ1n) is 14.1. The number of pyridine rings is 1. The average molecular weight is 561 g/mol. The summed E-state index contributed by atoms with van der Waals surface area (Å²) in [6, 6.07) is 6.22. The van der Waals surface area contributed by atoms with E-state index >= 15 is 0 Å². The summed E-state index contributed by atoms with van der Waals surface area (Å²) in [5, 5.41) is 21.9. The van der Waals surface area contributed by atoms with Gasteiger partial charge >= 0.3 is 5.97 Å². The van der Waals surface area contributed by atoms with Gasteiger partial charge in [0, 0.05) is 42.2 Å². The molecule has 11 heteroatoms. The molecule has 3 aliphatic rings. The molecule has 5 atom stereocenters. The Bertz CT molecular complexity index is 1500. The number of aliphatic carboxylic acids is 1. The van der Waals surface area contributed by atoms with Crippen LogP contribution < -0.4 is 11.1 Å². The van der Waals surface area contributed by atoms with E-state index in [0.29, 0.717) is 64.5 Å². The molecule has 2 amide bonds. The van der Waals surface area contributed by atoms with Crippen LogP contribution in [0.5, 0.6) is 5.75 Å². The summed E-state index contributed by atoms with van der Waals surface area (Å²) in [5.74, 6) is 1.11. The fourth-order valence-corrected chi connectivity index (χ4v) is 6.36. The molecule has 2 aromatic heterocycles. The number of carboxylic acid groups (broad SMARTS) is 1. The molecule has 1 saturated heterocycles. The molecular weight excluding hydrogens is 524 g/mol. The molecule has 6 N–H and O–H groups in total. The lowest BCUT2D eigenvalue weighted by molar-refractivity contribution is -0.140. The Hall–Kier alpha value is -4.25. The Morgan fingerprint density at radius 3 is 2.71 bits per heavy atom. The quantitative estimate of drug-likeness (QED) is 0.286. The Morgan fingerprint density at radius 2 is 1.98 bits per heavy atom. The van der Waals surface area contributed by atoms with Crippen LogP contribution in [0.4, 0.5) is 0 Å². The third-order valence-electron chi connectivity index (χ3n) is 8.47. The first-order chi connectivity index (χ1) is 19.7. The second-order valence-corrected chi connectivity index (χ2v) is 11.1. The number of primary amides is 1. The van der Waals surface area contributed by atoms with Crippen LogP contribution in [0.1, 0.15) is 42.1 Å². The molecule has 41 heavy (non-hydrogen) atoms. The van der Waals surface area contributed by atoms with E-state index in [2.05, 4.69) is 39.3 Å². The highest BCUT2D eigenvalue weighted by molar-refractivity contribution is 5.96. The van der Waals surface area contributed by atoms with Crippen LogP contribution in [-0.2, 0) is 9.59 Å². The number of nitrogens with two attached hydrogens (primary N) is 1. The summed E-state index contributed by atoms with van der Waals surface area (Å²) in [5.41, 5.74) is 8.36. The van der Waals surface area contributed by atoms with Crippen molar-refractivity contribution >= 4 is 28.9 Å².